The summed E-state index contributed by atoms with van der Waals surface area (Å²) in [4.78, 5) is 41.2. The van der Waals surface area contributed by atoms with Crippen LogP contribution < -0.4 is 10.5 Å². The van der Waals surface area contributed by atoms with E-state index in [0.717, 1.165) is 4.90 Å². The van der Waals surface area contributed by atoms with Crippen molar-refractivity contribution in [1.29, 1.82) is 0 Å². The fraction of sp³-hybridized carbons (Fsp3) is 0.136. The SMILES string of the molecule is CCSc1c2c(c(C)n(-c3ccccc3)c1=O)C(=O)N(c1ccccc1)C2=O. The van der Waals surface area contributed by atoms with Gasteiger partial charge in [-0.05, 0) is 36.9 Å². The summed E-state index contributed by atoms with van der Waals surface area (Å²) < 4.78 is 1.52. The van der Waals surface area contributed by atoms with Crippen LogP contribution in [0.1, 0.15) is 33.3 Å². The number of aromatic nitrogens is 1. The molecule has 6 heteroatoms. The molecule has 140 valence electrons. The molecular weight excluding hydrogens is 372 g/mol. The highest BCUT2D eigenvalue weighted by molar-refractivity contribution is 7.99. The number of pyridine rings is 1. The van der Waals surface area contributed by atoms with E-state index >= 15 is 0 Å². The molecule has 0 radical (unpaired) electrons. The number of anilines is 1. The minimum Gasteiger partial charge on any atom is -0.280 e. The van der Waals surface area contributed by atoms with Crippen molar-refractivity contribution in [2.75, 3.05) is 10.7 Å². The molecule has 0 spiro atoms. The zero-order valence-corrected chi connectivity index (χ0v) is 16.3. The van der Waals surface area contributed by atoms with E-state index in [2.05, 4.69) is 0 Å². The molecule has 1 aromatic heterocycles. The van der Waals surface area contributed by atoms with Gasteiger partial charge in [0.15, 0.2) is 0 Å². The van der Waals surface area contributed by atoms with Crippen molar-refractivity contribution in [3.63, 3.8) is 0 Å². The first-order chi connectivity index (χ1) is 13.6. The highest BCUT2D eigenvalue weighted by Crippen LogP contribution is 2.35. The van der Waals surface area contributed by atoms with E-state index in [0.29, 0.717) is 33.3 Å². The van der Waals surface area contributed by atoms with Crippen molar-refractivity contribution in [2.45, 2.75) is 18.7 Å². The van der Waals surface area contributed by atoms with E-state index in [1.807, 2.05) is 43.3 Å². The van der Waals surface area contributed by atoms with Crippen LogP contribution in [0, 0.1) is 6.92 Å². The summed E-state index contributed by atoms with van der Waals surface area (Å²) >= 11 is 1.29. The van der Waals surface area contributed by atoms with Gasteiger partial charge < -0.3 is 0 Å². The fourth-order valence-electron chi connectivity index (χ4n) is 3.53. The van der Waals surface area contributed by atoms with Crippen molar-refractivity contribution >= 4 is 29.3 Å². The van der Waals surface area contributed by atoms with E-state index in [4.69, 9.17) is 0 Å². The van der Waals surface area contributed by atoms with Crippen LogP contribution in [-0.2, 0) is 0 Å². The van der Waals surface area contributed by atoms with Crippen molar-refractivity contribution < 1.29 is 9.59 Å². The van der Waals surface area contributed by atoms with E-state index in [1.54, 1.807) is 31.2 Å². The molecule has 2 heterocycles. The van der Waals surface area contributed by atoms with Gasteiger partial charge in [-0.1, -0.05) is 43.3 Å². The number of amides is 2. The maximum absolute atomic E-state index is 13.3. The van der Waals surface area contributed by atoms with Gasteiger partial charge in [-0.2, -0.15) is 0 Å². The van der Waals surface area contributed by atoms with Gasteiger partial charge in [-0.3, -0.25) is 19.0 Å². The Morgan fingerprint density at radius 2 is 1.32 bits per heavy atom. The van der Waals surface area contributed by atoms with Gasteiger partial charge >= 0.3 is 0 Å². The summed E-state index contributed by atoms with van der Waals surface area (Å²) in [5.41, 5.74) is 1.89. The van der Waals surface area contributed by atoms with Crippen molar-refractivity contribution in [3.8, 4) is 5.69 Å². The van der Waals surface area contributed by atoms with Crippen molar-refractivity contribution in [3.05, 3.63) is 87.8 Å². The number of nitrogens with zero attached hydrogens (tertiary/aromatic N) is 2. The lowest BCUT2D eigenvalue weighted by atomic mass is 10.1. The summed E-state index contributed by atoms with van der Waals surface area (Å²) in [5, 5.41) is 0. The molecule has 2 amide bonds. The van der Waals surface area contributed by atoms with Crippen LogP contribution in [-0.4, -0.2) is 22.1 Å². The van der Waals surface area contributed by atoms with Gasteiger partial charge in [-0.15, -0.1) is 11.8 Å². The molecule has 0 saturated carbocycles. The second-order valence-corrected chi connectivity index (χ2v) is 7.63. The summed E-state index contributed by atoms with van der Waals surface area (Å²) in [6.45, 7) is 3.63. The number of hydrogen-bond donors (Lipinski definition) is 0. The molecule has 0 atom stereocenters. The molecule has 0 bridgehead atoms. The number of hydrogen-bond acceptors (Lipinski definition) is 4. The topological polar surface area (TPSA) is 59.4 Å². The Labute approximate surface area is 166 Å². The lowest BCUT2D eigenvalue weighted by molar-refractivity contribution is 0.0925. The first-order valence-electron chi connectivity index (χ1n) is 8.98. The predicted octanol–water partition coefficient (Wildman–Crippen LogP) is 4.06. The van der Waals surface area contributed by atoms with Gasteiger partial charge in [0, 0.05) is 11.4 Å². The van der Waals surface area contributed by atoms with E-state index < -0.39 is 11.8 Å². The number of fused-ring (bicyclic) bond motifs is 1. The molecule has 0 N–H and O–H groups in total. The smallest absolute Gasteiger partial charge is 0.269 e. The largest absolute Gasteiger partial charge is 0.280 e. The first-order valence-corrected chi connectivity index (χ1v) is 9.96. The molecule has 0 aliphatic carbocycles. The van der Waals surface area contributed by atoms with Crippen LogP contribution in [0.4, 0.5) is 5.69 Å². The number of imide groups is 1. The fourth-order valence-corrected chi connectivity index (χ4v) is 4.36. The van der Waals surface area contributed by atoms with E-state index in [-0.39, 0.29) is 11.1 Å². The van der Waals surface area contributed by atoms with Gasteiger partial charge in [0.1, 0.15) is 0 Å². The monoisotopic (exact) mass is 390 g/mol. The average molecular weight is 390 g/mol. The number of carbonyl (C=O) groups excluding carboxylic acids is 2. The highest BCUT2D eigenvalue weighted by atomic mass is 32.2. The third-order valence-corrected chi connectivity index (χ3v) is 5.68. The normalized spacial score (nSPS) is 13.1. The molecular formula is C22H18N2O3S. The first kappa shape index (κ1) is 18.3. The lowest BCUT2D eigenvalue weighted by Crippen LogP contribution is -2.29. The highest BCUT2D eigenvalue weighted by Gasteiger charge is 2.42. The van der Waals surface area contributed by atoms with Crippen LogP contribution in [0.5, 0.6) is 0 Å². The van der Waals surface area contributed by atoms with Crippen molar-refractivity contribution in [1.82, 2.24) is 4.57 Å². The summed E-state index contributed by atoms with van der Waals surface area (Å²) in [6.07, 6.45) is 0. The van der Waals surface area contributed by atoms with Crippen LogP contribution in [0.3, 0.4) is 0 Å². The number of thioether (sulfide) groups is 1. The number of carbonyl (C=O) groups is 2. The van der Waals surface area contributed by atoms with Crippen LogP contribution >= 0.6 is 11.8 Å². The van der Waals surface area contributed by atoms with Gasteiger partial charge in [0.25, 0.3) is 17.4 Å². The van der Waals surface area contributed by atoms with Gasteiger partial charge in [0.2, 0.25) is 0 Å². The Morgan fingerprint density at radius 3 is 1.89 bits per heavy atom. The molecule has 0 unspecified atom stereocenters. The van der Waals surface area contributed by atoms with E-state index in [9.17, 15) is 14.4 Å². The van der Waals surface area contributed by atoms with Gasteiger partial charge in [0.05, 0.1) is 21.7 Å². The van der Waals surface area contributed by atoms with Crippen molar-refractivity contribution in [2.24, 2.45) is 0 Å². The Kier molecular flexibility index (Phi) is 4.65. The van der Waals surface area contributed by atoms with Crippen LogP contribution in [0.15, 0.2) is 70.4 Å². The third kappa shape index (κ3) is 2.68. The zero-order chi connectivity index (χ0) is 19.8. The standard InChI is InChI=1S/C22H18N2O3S/c1-3-28-19-18-17(14(2)23(22(19)27)15-10-6-4-7-11-15)20(25)24(21(18)26)16-12-8-5-9-13-16/h4-13H,3H2,1-2H3. The zero-order valence-electron chi connectivity index (χ0n) is 15.5. The molecule has 2 aromatic carbocycles. The second kappa shape index (κ2) is 7.13. The number of para-hydroxylation sites is 2. The molecule has 1 aliphatic heterocycles. The molecule has 0 fully saturated rings. The lowest BCUT2D eigenvalue weighted by Gasteiger charge is -2.15. The summed E-state index contributed by atoms with van der Waals surface area (Å²) in [6, 6.07) is 18.0. The summed E-state index contributed by atoms with van der Waals surface area (Å²) in [5.74, 6) is -0.222. The molecule has 4 rings (SSSR count). The Hall–Kier alpha value is -3.12. The van der Waals surface area contributed by atoms with Crippen LogP contribution in [0.25, 0.3) is 5.69 Å². The Morgan fingerprint density at radius 1 is 0.786 bits per heavy atom. The number of rotatable bonds is 4. The molecule has 1 aliphatic rings. The number of benzene rings is 2. The van der Waals surface area contributed by atoms with Crippen LogP contribution in [0.2, 0.25) is 0 Å². The maximum Gasteiger partial charge on any atom is 0.269 e. The molecule has 5 nitrogen and oxygen atoms in total. The Balaban J connectivity index is 2.02. The average Bonchev–Trinajstić information content (AvgIpc) is 2.97. The maximum atomic E-state index is 13.3. The van der Waals surface area contributed by atoms with E-state index in [1.165, 1.54) is 16.3 Å². The second-order valence-electron chi connectivity index (χ2n) is 6.35. The third-order valence-electron chi connectivity index (χ3n) is 4.72. The molecule has 0 saturated heterocycles. The predicted molar refractivity (Wildman–Crippen MR) is 111 cm³/mol. The minimum atomic E-state index is -0.442. The summed E-state index contributed by atoms with van der Waals surface area (Å²) in [7, 11) is 0. The molecule has 3 aromatic rings. The van der Waals surface area contributed by atoms with Gasteiger partial charge in [-0.25, -0.2) is 4.90 Å². The quantitative estimate of drug-likeness (QED) is 0.498. The molecule has 28 heavy (non-hydrogen) atoms. The minimum absolute atomic E-state index is 0.218. The Bertz CT molecular complexity index is 1140.